The topological polar surface area (TPSA) is 32.8 Å². The number of fused-ring (bicyclic) bond motifs is 1. The molecule has 1 atom stereocenters. The number of ether oxygens (including phenoxy) is 1. The molecule has 0 spiro atoms. The van der Waals surface area contributed by atoms with Gasteiger partial charge in [0.2, 0.25) is 5.91 Å². The summed E-state index contributed by atoms with van der Waals surface area (Å²) >= 11 is 0. The molecule has 4 heteroatoms. The molecule has 2 fully saturated rings. The Hall–Kier alpha value is -2.17. The fraction of sp³-hybridized carbons (Fsp3) is 0.536. The summed E-state index contributed by atoms with van der Waals surface area (Å²) in [6.07, 6.45) is 7.67. The summed E-state index contributed by atoms with van der Waals surface area (Å²) in [5.74, 6) is 0.844. The number of benzene rings is 2. The predicted octanol–water partition coefficient (Wildman–Crippen LogP) is 4.12. The van der Waals surface area contributed by atoms with Crippen molar-refractivity contribution in [1.29, 1.82) is 0 Å². The van der Waals surface area contributed by atoms with Crippen molar-refractivity contribution in [1.82, 2.24) is 9.80 Å². The van der Waals surface area contributed by atoms with Gasteiger partial charge in [0.15, 0.2) is 0 Å². The lowest BCUT2D eigenvalue weighted by atomic mass is 9.94. The van der Waals surface area contributed by atoms with Crippen LogP contribution in [0.3, 0.4) is 0 Å². The third-order valence-electron chi connectivity index (χ3n) is 7.67. The number of rotatable bonds is 7. The first-order valence-electron chi connectivity index (χ1n) is 12.5. The molecule has 170 valence electrons. The first kappa shape index (κ1) is 21.7. The lowest BCUT2D eigenvalue weighted by molar-refractivity contribution is -0.133. The normalized spacial score (nSPS) is 22.2. The van der Waals surface area contributed by atoms with Gasteiger partial charge in [0.25, 0.3) is 0 Å². The lowest BCUT2D eigenvalue weighted by Crippen LogP contribution is -2.46. The number of carbonyl (C=O) groups is 1. The van der Waals surface area contributed by atoms with Crippen molar-refractivity contribution in [2.75, 3.05) is 32.8 Å². The molecular weight excluding hydrogens is 396 g/mol. The van der Waals surface area contributed by atoms with Crippen molar-refractivity contribution >= 4 is 5.91 Å². The molecular formula is C28H36N2O2. The quantitative estimate of drug-likeness (QED) is 0.660. The molecule has 2 saturated heterocycles. The molecule has 32 heavy (non-hydrogen) atoms. The highest BCUT2D eigenvalue weighted by Crippen LogP contribution is 2.29. The monoisotopic (exact) mass is 432 g/mol. The Morgan fingerprint density at radius 1 is 0.906 bits per heavy atom. The summed E-state index contributed by atoms with van der Waals surface area (Å²) in [5.41, 5.74) is 4.17. The zero-order valence-corrected chi connectivity index (χ0v) is 19.1. The van der Waals surface area contributed by atoms with Crippen LogP contribution in [0.4, 0.5) is 0 Å². The molecule has 1 amide bonds. The molecule has 3 aliphatic rings. The van der Waals surface area contributed by atoms with E-state index in [1.807, 2.05) is 18.2 Å². The van der Waals surface area contributed by atoms with E-state index in [1.54, 1.807) is 0 Å². The van der Waals surface area contributed by atoms with Crippen molar-refractivity contribution in [3.8, 4) is 0 Å². The van der Waals surface area contributed by atoms with Crippen LogP contribution in [0.25, 0.3) is 0 Å². The summed E-state index contributed by atoms with van der Waals surface area (Å²) in [6.45, 7) is 4.79. The van der Waals surface area contributed by atoms with E-state index in [2.05, 4.69) is 46.2 Å². The highest BCUT2D eigenvalue weighted by molar-refractivity contribution is 5.78. The summed E-state index contributed by atoms with van der Waals surface area (Å²) in [5, 5.41) is 0. The number of likely N-dealkylation sites (tertiary alicyclic amines) is 1. The van der Waals surface area contributed by atoms with Crippen LogP contribution in [0.1, 0.15) is 42.4 Å². The first-order chi connectivity index (χ1) is 15.7. The molecule has 5 rings (SSSR count). The molecule has 2 heterocycles. The summed E-state index contributed by atoms with van der Waals surface area (Å²) in [7, 11) is 0. The Bertz CT molecular complexity index is 860. The second-order valence-corrected chi connectivity index (χ2v) is 9.91. The van der Waals surface area contributed by atoms with Gasteiger partial charge in [-0.1, -0.05) is 54.6 Å². The Morgan fingerprint density at radius 3 is 2.25 bits per heavy atom. The maximum absolute atomic E-state index is 13.2. The number of amides is 1. The molecule has 0 unspecified atom stereocenters. The van der Waals surface area contributed by atoms with Crippen molar-refractivity contribution in [3.05, 3.63) is 71.3 Å². The van der Waals surface area contributed by atoms with Gasteiger partial charge in [-0.3, -0.25) is 9.69 Å². The second kappa shape index (κ2) is 10.2. The van der Waals surface area contributed by atoms with Crippen molar-refractivity contribution in [3.63, 3.8) is 0 Å². The Labute approximate surface area is 192 Å². The van der Waals surface area contributed by atoms with E-state index in [0.29, 0.717) is 18.4 Å². The maximum Gasteiger partial charge on any atom is 0.227 e. The summed E-state index contributed by atoms with van der Waals surface area (Å²) in [6, 6.07) is 19.7. The highest BCUT2D eigenvalue weighted by Gasteiger charge is 2.31. The van der Waals surface area contributed by atoms with E-state index in [1.165, 1.54) is 36.8 Å². The number of hydrogen-bond donors (Lipinski definition) is 0. The van der Waals surface area contributed by atoms with Gasteiger partial charge in [-0.25, -0.2) is 0 Å². The predicted molar refractivity (Wildman–Crippen MR) is 128 cm³/mol. The minimum absolute atomic E-state index is 0.215. The minimum Gasteiger partial charge on any atom is -0.376 e. The zero-order chi connectivity index (χ0) is 21.8. The largest absolute Gasteiger partial charge is 0.376 e. The van der Waals surface area contributed by atoms with Crippen LogP contribution in [-0.2, 0) is 28.8 Å². The van der Waals surface area contributed by atoms with Gasteiger partial charge < -0.3 is 9.64 Å². The van der Waals surface area contributed by atoms with Crippen LogP contribution in [0.15, 0.2) is 54.6 Å². The number of piperidine rings is 1. The van der Waals surface area contributed by atoms with E-state index >= 15 is 0 Å². The van der Waals surface area contributed by atoms with E-state index in [9.17, 15) is 4.79 Å². The van der Waals surface area contributed by atoms with Gasteiger partial charge in [-0.15, -0.1) is 0 Å². The van der Waals surface area contributed by atoms with Gasteiger partial charge in [-0.2, -0.15) is 0 Å². The Kier molecular flexibility index (Phi) is 6.89. The van der Waals surface area contributed by atoms with E-state index in [0.717, 1.165) is 51.2 Å². The van der Waals surface area contributed by atoms with Gasteiger partial charge in [0.05, 0.1) is 12.5 Å². The Morgan fingerprint density at radius 2 is 1.59 bits per heavy atom. The molecule has 0 radical (unpaired) electrons. The smallest absolute Gasteiger partial charge is 0.227 e. The van der Waals surface area contributed by atoms with Crippen molar-refractivity contribution in [2.45, 2.75) is 57.1 Å². The van der Waals surface area contributed by atoms with Gasteiger partial charge in [0.1, 0.15) is 0 Å². The standard InChI is InChI=1S/C28H36N2O2/c31-28(17-22-7-2-1-3-8-22)30(21-27-11-6-16-32-27)20-23-12-14-29(15-13-23)26-18-24-9-4-5-10-25(24)19-26/h1-5,7-10,23,26-27H,6,11-21H2/t27-/m1/s1. The molecule has 0 saturated carbocycles. The van der Waals surface area contributed by atoms with Crippen LogP contribution in [-0.4, -0.2) is 60.6 Å². The third kappa shape index (κ3) is 5.24. The van der Waals surface area contributed by atoms with Crippen LogP contribution >= 0.6 is 0 Å². The van der Waals surface area contributed by atoms with Crippen LogP contribution in [0.5, 0.6) is 0 Å². The number of nitrogens with zero attached hydrogens (tertiary/aromatic N) is 2. The van der Waals surface area contributed by atoms with E-state index < -0.39 is 0 Å². The number of hydrogen-bond acceptors (Lipinski definition) is 3. The minimum atomic E-state index is 0.215. The average Bonchev–Trinajstić information content (AvgIpc) is 3.49. The zero-order valence-electron chi connectivity index (χ0n) is 19.1. The summed E-state index contributed by atoms with van der Waals surface area (Å²) < 4.78 is 5.89. The molecule has 2 aliphatic heterocycles. The third-order valence-corrected chi connectivity index (χ3v) is 7.67. The lowest BCUT2D eigenvalue weighted by Gasteiger charge is -2.38. The molecule has 1 aliphatic carbocycles. The molecule has 0 N–H and O–H groups in total. The average molecular weight is 433 g/mol. The maximum atomic E-state index is 13.2. The van der Waals surface area contributed by atoms with Crippen molar-refractivity contribution < 1.29 is 9.53 Å². The molecule has 4 nitrogen and oxygen atoms in total. The highest BCUT2D eigenvalue weighted by atomic mass is 16.5. The van der Waals surface area contributed by atoms with Crippen molar-refractivity contribution in [2.24, 2.45) is 5.92 Å². The fourth-order valence-corrected chi connectivity index (χ4v) is 5.80. The SMILES string of the molecule is O=C(Cc1ccccc1)N(CC1CCN(C2Cc3ccccc3C2)CC1)C[C@H]1CCCO1. The number of carbonyl (C=O) groups excluding carboxylic acids is 1. The second-order valence-electron chi connectivity index (χ2n) is 9.91. The molecule has 2 aromatic rings. The summed E-state index contributed by atoms with van der Waals surface area (Å²) in [4.78, 5) is 18.1. The van der Waals surface area contributed by atoms with Gasteiger partial charge >= 0.3 is 0 Å². The Balaban J connectivity index is 1.16. The fourth-order valence-electron chi connectivity index (χ4n) is 5.80. The first-order valence-corrected chi connectivity index (χ1v) is 12.5. The van der Waals surface area contributed by atoms with E-state index in [-0.39, 0.29) is 12.0 Å². The van der Waals surface area contributed by atoms with Crippen LogP contribution in [0, 0.1) is 5.92 Å². The molecule has 0 bridgehead atoms. The van der Waals surface area contributed by atoms with Crippen LogP contribution < -0.4 is 0 Å². The van der Waals surface area contributed by atoms with E-state index in [4.69, 9.17) is 4.74 Å². The van der Waals surface area contributed by atoms with Crippen LogP contribution in [0.2, 0.25) is 0 Å². The molecule has 0 aromatic heterocycles. The van der Waals surface area contributed by atoms with Gasteiger partial charge in [-0.05, 0) is 74.2 Å². The molecule has 2 aromatic carbocycles. The van der Waals surface area contributed by atoms with Gasteiger partial charge in [0, 0.05) is 25.7 Å².